The molecule has 0 radical (unpaired) electrons. The van der Waals surface area contributed by atoms with Gasteiger partial charge in [-0.25, -0.2) is 0 Å². The maximum absolute atomic E-state index is 11.1. The van der Waals surface area contributed by atoms with Crippen molar-refractivity contribution in [3.63, 3.8) is 0 Å². The Balaban J connectivity index is 2.12. The number of carbonyl (C=O) groups is 2. The first kappa shape index (κ1) is 13.4. The zero-order valence-electron chi connectivity index (χ0n) is 10.7. The summed E-state index contributed by atoms with van der Waals surface area (Å²) in [5.41, 5.74) is -0.120. The molecule has 4 heteroatoms. The molecule has 0 spiro atoms. The van der Waals surface area contributed by atoms with E-state index in [9.17, 15) is 9.59 Å². The highest BCUT2D eigenvalue weighted by Crippen LogP contribution is 2.51. The van der Waals surface area contributed by atoms with Crippen molar-refractivity contribution in [3.05, 3.63) is 0 Å². The SMILES string of the molecule is O=C(O)CC1CCC2CCCC(CC(=O)O)(C2)C1. The molecule has 2 aliphatic rings. The van der Waals surface area contributed by atoms with Crippen LogP contribution in [0.2, 0.25) is 0 Å². The van der Waals surface area contributed by atoms with E-state index < -0.39 is 11.9 Å². The van der Waals surface area contributed by atoms with Crippen LogP contribution in [0.1, 0.15) is 57.8 Å². The number of carboxylic acid groups (broad SMARTS) is 2. The van der Waals surface area contributed by atoms with Gasteiger partial charge in [0.05, 0.1) is 6.42 Å². The number of aliphatic carboxylic acids is 2. The van der Waals surface area contributed by atoms with Crippen molar-refractivity contribution in [1.82, 2.24) is 0 Å². The highest BCUT2D eigenvalue weighted by Gasteiger charge is 2.42. The lowest BCUT2D eigenvalue weighted by Gasteiger charge is -2.39. The van der Waals surface area contributed by atoms with E-state index in [0.717, 1.165) is 38.5 Å². The Labute approximate surface area is 107 Å². The number of hydrogen-bond donors (Lipinski definition) is 2. The maximum atomic E-state index is 11.1. The van der Waals surface area contributed by atoms with E-state index in [2.05, 4.69) is 0 Å². The van der Waals surface area contributed by atoms with Gasteiger partial charge in [-0.1, -0.05) is 19.3 Å². The van der Waals surface area contributed by atoms with Crippen LogP contribution in [-0.4, -0.2) is 22.2 Å². The van der Waals surface area contributed by atoms with Crippen LogP contribution in [0.5, 0.6) is 0 Å². The average molecular weight is 254 g/mol. The van der Waals surface area contributed by atoms with Crippen LogP contribution in [0.15, 0.2) is 0 Å². The van der Waals surface area contributed by atoms with Gasteiger partial charge >= 0.3 is 11.9 Å². The quantitative estimate of drug-likeness (QED) is 0.809. The lowest BCUT2D eigenvalue weighted by molar-refractivity contribution is -0.141. The van der Waals surface area contributed by atoms with Gasteiger partial charge in [-0.15, -0.1) is 0 Å². The van der Waals surface area contributed by atoms with Crippen molar-refractivity contribution in [2.24, 2.45) is 17.3 Å². The Morgan fingerprint density at radius 1 is 1.06 bits per heavy atom. The van der Waals surface area contributed by atoms with Crippen LogP contribution < -0.4 is 0 Å². The molecule has 0 heterocycles. The van der Waals surface area contributed by atoms with Crippen molar-refractivity contribution in [3.8, 4) is 0 Å². The van der Waals surface area contributed by atoms with Gasteiger partial charge in [-0.2, -0.15) is 0 Å². The maximum Gasteiger partial charge on any atom is 0.303 e. The third-order valence-corrected chi connectivity index (χ3v) is 4.74. The van der Waals surface area contributed by atoms with Gasteiger partial charge in [0.1, 0.15) is 0 Å². The third-order valence-electron chi connectivity index (χ3n) is 4.74. The molecule has 2 bridgehead atoms. The fraction of sp³-hybridized carbons (Fsp3) is 0.857. The molecule has 2 rings (SSSR count). The zero-order valence-corrected chi connectivity index (χ0v) is 10.7. The summed E-state index contributed by atoms with van der Waals surface area (Å²) in [4.78, 5) is 22.0. The monoisotopic (exact) mass is 254 g/mol. The minimum atomic E-state index is -0.748. The van der Waals surface area contributed by atoms with E-state index in [4.69, 9.17) is 10.2 Å². The largest absolute Gasteiger partial charge is 0.481 e. The van der Waals surface area contributed by atoms with E-state index in [0.29, 0.717) is 5.92 Å². The van der Waals surface area contributed by atoms with Gasteiger partial charge in [0, 0.05) is 6.42 Å². The topological polar surface area (TPSA) is 74.6 Å². The molecule has 0 aromatic heterocycles. The van der Waals surface area contributed by atoms with Gasteiger partial charge in [0.2, 0.25) is 0 Å². The van der Waals surface area contributed by atoms with E-state index >= 15 is 0 Å². The van der Waals surface area contributed by atoms with Crippen LogP contribution in [0, 0.1) is 17.3 Å². The number of rotatable bonds is 4. The molecule has 18 heavy (non-hydrogen) atoms. The summed E-state index contributed by atoms with van der Waals surface area (Å²) in [6, 6.07) is 0. The summed E-state index contributed by atoms with van der Waals surface area (Å²) in [6.45, 7) is 0. The zero-order chi connectivity index (χ0) is 13.2. The van der Waals surface area contributed by atoms with Gasteiger partial charge in [-0.05, 0) is 42.9 Å². The summed E-state index contributed by atoms with van der Waals surface area (Å²) >= 11 is 0. The summed E-state index contributed by atoms with van der Waals surface area (Å²) in [6.07, 6.45) is 7.52. The van der Waals surface area contributed by atoms with E-state index in [-0.39, 0.29) is 24.2 Å². The first-order chi connectivity index (χ1) is 8.49. The van der Waals surface area contributed by atoms with Gasteiger partial charge in [0.25, 0.3) is 0 Å². The Morgan fingerprint density at radius 2 is 1.83 bits per heavy atom. The second kappa shape index (κ2) is 5.29. The van der Waals surface area contributed by atoms with E-state index in [1.165, 1.54) is 6.42 Å². The molecule has 4 nitrogen and oxygen atoms in total. The molecule has 3 atom stereocenters. The molecule has 0 aromatic carbocycles. The van der Waals surface area contributed by atoms with Crippen LogP contribution in [0.25, 0.3) is 0 Å². The van der Waals surface area contributed by atoms with E-state index in [1.54, 1.807) is 0 Å². The summed E-state index contributed by atoms with van der Waals surface area (Å²) < 4.78 is 0. The van der Waals surface area contributed by atoms with Crippen LogP contribution >= 0.6 is 0 Å². The van der Waals surface area contributed by atoms with Gasteiger partial charge in [0.15, 0.2) is 0 Å². The van der Waals surface area contributed by atoms with Crippen molar-refractivity contribution in [2.45, 2.75) is 57.8 Å². The highest BCUT2D eigenvalue weighted by atomic mass is 16.4. The fourth-order valence-corrected chi connectivity index (χ4v) is 4.17. The third kappa shape index (κ3) is 3.24. The second-order valence-corrected chi connectivity index (χ2v) is 6.28. The Morgan fingerprint density at radius 3 is 2.50 bits per heavy atom. The van der Waals surface area contributed by atoms with Crippen molar-refractivity contribution < 1.29 is 19.8 Å². The van der Waals surface area contributed by atoms with Crippen LogP contribution in [0.4, 0.5) is 0 Å². The predicted molar refractivity (Wildman–Crippen MR) is 66.2 cm³/mol. The number of carboxylic acids is 2. The highest BCUT2D eigenvalue weighted by molar-refractivity contribution is 5.68. The molecule has 102 valence electrons. The molecule has 2 fully saturated rings. The van der Waals surface area contributed by atoms with Crippen LogP contribution in [-0.2, 0) is 9.59 Å². The first-order valence-corrected chi connectivity index (χ1v) is 6.93. The Kier molecular flexibility index (Phi) is 3.93. The molecule has 0 aromatic rings. The number of hydrogen-bond acceptors (Lipinski definition) is 2. The molecule has 2 N–H and O–H groups in total. The summed E-state index contributed by atoms with van der Waals surface area (Å²) in [5.74, 6) is -0.685. The van der Waals surface area contributed by atoms with Crippen LogP contribution in [0.3, 0.4) is 0 Å². The lowest BCUT2D eigenvalue weighted by atomic mass is 9.65. The molecule has 2 aliphatic carbocycles. The van der Waals surface area contributed by atoms with Crippen molar-refractivity contribution in [1.29, 1.82) is 0 Å². The van der Waals surface area contributed by atoms with Gasteiger partial charge < -0.3 is 10.2 Å². The number of fused-ring (bicyclic) bond motifs is 2. The molecular weight excluding hydrogens is 232 g/mol. The summed E-state index contributed by atoms with van der Waals surface area (Å²) in [5, 5.41) is 18.1. The van der Waals surface area contributed by atoms with Gasteiger partial charge in [-0.3, -0.25) is 9.59 Å². The average Bonchev–Trinajstić information content (AvgIpc) is 2.34. The second-order valence-electron chi connectivity index (χ2n) is 6.28. The van der Waals surface area contributed by atoms with Crippen molar-refractivity contribution >= 4 is 11.9 Å². The molecule has 0 saturated heterocycles. The van der Waals surface area contributed by atoms with E-state index in [1.807, 2.05) is 0 Å². The fourth-order valence-electron chi connectivity index (χ4n) is 4.17. The smallest absolute Gasteiger partial charge is 0.303 e. The lowest BCUT2D eigenvalue weighted by Crippen LogP contribution is -2.31. The standard InChI is InChI=1S/C14H22O4/c15-12(16)6-11-4-3-10-2-1-5-14(7-10,8-11)9-13(17)18/h10-11H,1-9H2,(H,15,16)(H,17,18). The first-order valence-electron chi connectivity index (χ1n) is 6.93. The molecule has 2 saturated carbocycles. The Bertz CT molecular complexity index is 339. The molecule has 0 aliphatic heterocycles. The Hall–Kier alpha value is -1.06. The van der Waals surface area contributed by atoms with Crippen molar-refractivity contribution in [2.75, 3.05) is 0 Å². The minimum absolute atomic E-state index is 0.120. The molecule has 0 amide bonds. The molecule has 3 unspecified atom stereocenters. The predicted octanol–water partition coefficient (Wildman–Crippen LogP) is 2.91. The minimum Gasteiger partial charge on any atom is -0.481 e. The molecular formula is C14H22O4. The summed E-state index contributed by atoms with van der Waals surface area (Å²) in [7, 11) is 0. The normalized spacial score (nSPS) is 35.8.